The van der Waals surface area contributed by atoms with Crippen molar-refractivity contribution in [2.24, 2.45) is 0 Å². The maximum absolute atomic E-state index is 2.99. The molecule has 0 bridgehead atoms. The Kier molecular flexibility index (Phi) is 13.3. The van der Waals surface area contributed by atoms with Crippen molar-refractivity contribution in [2.45, 2.75) is 12.8 Å². The topological polar surface area (TPSA) is 0 Å². The molecule has 0 saturated heterocycles. The summed E-state index contributed by atoms with van der Waals surface area (Å²) >= 11 is 0. The van der Waals surface area contributed by atoms with Gasteiger partial charge in [0.1, 0.15) is 0 Å². The van der Waals surface area contributed by atoms with Gasteiger partial charge in [-0.15, -0.1) is 25.2 Å². The van der Waals surface area contributed by atoms with E-state index in [0.717, 1.165) is 12.8 Å². The van der Waals surface area contributed by atoms with Crippen LogP contribution in [0.15, 0.2) is 36.5 Å². The van der Waals surface area contributed by atoms with Crippen LogP contribution in [-0.4, -0.2) is 0 Å². The minimum atomic E-state index is 0. The van der Waals surface area contributed by atoms with Crippen LogP contribution in [0.4, 0.5) is 0 Å². The van der Waals surface area contributed by atoms with E-state index >= 15 is 0 Å². The fraction of sp³-hybridized carbons (Fsp3) is 0.200. The summed E-state index contributed by atoms with van der Waals surface area (Å²) in [5.74, 6) is 0. The van der Waals surface area contributed by atoms with Crippen molar-refractivity contribution in [1.82, 2.24) is 0 Å². The third-order valence-electron chi connectivity index (χ3n) is 1.17. The van der Waals surface area contributed by atoms with E-state index in [4.69, 9.17) is 0 Å². The molecular formula is C10H11ClNb. The average molecular weight is 260 g/mol. The fourth-order valence-electron chi connectivity index (χ4n) is 0.680. The molecule has 0 nitrogen and oxygen atoms in total. The maximum atomic E-state index is 2.99. The Hall–Kier alpha value is -0.00974. The second-order valence-electron chi connectivity index (χ2n) is 2.01. The van der Waals surface area contributed by atoms with Gasteiger partial charge in [-0.1, -0.05) is 0 Å². The monoisotopic (exact) mass is 259 g/mol. The molecule has 12 heavy (non-hydrogen) atoms. The van der Waals surface area contributed by atoms with E-state index in [1.807, 2.05) is 24.3 Å². The van der Waals surface area contributed by atoms with E-state index < -0.39 is 0 Å². The third kappa shape index (κ3) is 8.09. The Labute approximate surface area is 96.0 Å². The maximum Gasteiger partial charge on any atom is 2.00 e. The van der Waals surface area contributed by atoms with Gasteiger partial charge in [-0.2, -0.15) is 12.2 Å². The molecule has 0 fully saturated rings. The van der Waals surface area contributed by atoms with Gasteiger partial charge in [-0.3, -0.25) is 12.2 Å². The molecule has 2 heteroatoms. The number of allylic oxidation sites excluding steroid dienone is 8. The predicted molar refractivity (Wildman–Crippen MR) is 50.4 cm³/mol. The number of rotatable bonds is 0. The van der Waals surface area contributed by atoms with Crippen molar-refractivity contribution in [1.29, 1.82) is 0 Å². The number of halogens is 1. The second kappa shape index (κ2) is 11.0. The van der Waals surface area contributed by atoms with Crippen LogP contribution in [0.1, 0.15) is 12.8 Å². The van der Waals surface area contributed by atoms with Gasteiger partial charge in [0.2, 0.25) is 0 Å². The number of hydrogen-bond acceptors (Lipinski definition) is 0. The van der Waals surface area contributed by atoms with E-state index in [1.54, 1.807) is 0 Å². The molecule has 2 aliphatic carbocycles. The third-order valence-corrected chi connectivity index (χ3v) is 1.17. The van der Waals surface area contributed by atoms with Gasteiger partial charge in [0.05, 0.1) is 0 Å². The second-order valence-corrected chi connectivity index (χ2v) is 2.01. The molecule has 0 heterocycles. The summed E-state index contributed by atoms with van der Waals surface area (Å²) in [6.07, 6.45) is 20.0. The van der Waals surface area contributed by atoms with Gasteiger partial charge in [-0.25, -0.2) is 24.3 Å². The van der Waals surface area contributed by atoms with E-state index in [1.165, 1.54) is 0 Å². The summed E-state index contributed by atoms with van der Waals surface area (Å²) in [5.41, 5.74) is 0. The van der Waals surface area contributed by atoms with Gasteiger partial charge in [-0.05, 0) is 0 Å². The normalized spacial score (nSPS) is 14.7. The van der Waals surface area contributed by atoms with E-state index in [2.05, 4.69) is 24.3 Å². The van der Waals surface area contributed by atoms with E-state index in [9.17, 15) is 0 Å². The van der Waals surface area contributed by atoms with Crippen LogP contribution in [0, 0.1) is 12.2 Å². The summed E-state index contributed by atoms with van der Waals surface area (Å²) in [6, 6.07) is 0. The Balaban J connectivity index is 0. The van der Waals surface area contributed by atoms with Crippen molar-refractivity contribution in [3.63, 3.8) is 0 Å². The first kappa shape index (κ1) is 14.5. The Morgan fingerprint density at radius 3 is 1.33 bits per heavy atom. The first-order valence-corrected chi connectivity index (χ1v) is 3.43. The van der Waals surface area contributed by atoms with Crippen LogP contribution in [-0.2, 0) is 22.4 Å². The van der Waals surface area contributed by atoms with Gasteiger partial charge in [0, 0.05) is 0 Å². The average Bonchev–Trinajstić information content (AvgIpc) is 2.67. The van der Waals surface area contributed by atoms with Crippen LogP contribution >= 0.6 is 12.4 Å². The minimum absolute atomic E-state index is 0. The zero-order chi connectivity index (χ0) is 7.07. The van der Waals surface area contributed by atoms with Crippen LogP contribution in [0.3, 0.4) is 0 Å². The molecule has 0 aromatic rings. The van der Waals surface area contributed by atoms with Crippen molar-refractivity contribution < 1.29 is 22.4 Å². The van der Waals surface area contributed by atoms with E-state index in [0.29, 0.717) is 0 Å². The fourth-order valence-corrected chi connectivity index (χ4v) is 0.680. The van der Waals surface area contributed by atoms with E-state index in [-0.39, 0.29) is 34.8 Å². The first-order valence-electron chi connectivity index (χ1n) is 3.43. The summed E-state index contributed by atoms with van der Waals surface area (Å²) in [7, 11) is 0. The summed E-state index contributed by atoms with van der Waals surface area (Å²) < 4.78 is 0. The Morgan fingerprint density at radius 1 is 0.833 bits per heavy atom. The van der Waals surface area contributed by atoms with Gasteiger partial charge in [0.25, 0.3) is 0 Å². The minimum Gasteiger partial charge on any atom is -0.273 e. The molecule has 0 spiro atoms. The quantitative estimate of drug-likeness (QED) is 0.463. The molecule has 2 aliphatic rings. The largest absolute Gasteiger partial charge is 2.00 e. The molecule has 2 rings (SSSR count). The molecule has 0 aromatic heterocycles. The molecule has 0 aromatic carbocycles. The zero-order valence-corrected chi connectivity index (χ0v) is 9.75. The zero-order valence-electron chi connectivity index (χ0n) is 6.73. The molecule has 1 radical (unpaired) electrons. The molecule has 0 amide bonds. The van der Waals surface area contributed by atoms with Crippen molar-refractivity contribution in [2.75, 3.05) is 0 Å². The smallest absolute Gasteiger partial charge is 0.273 e. The van der Waals surface area contributed by atoms with Crippen LogP contribution < -0.4 is 0 Å². The number of hydrogen-bond donors (Lipinski definition) is 0. The molecule has 0 aliphatic heterocycles. The molecule has 0 unspecified atom stereocenters. The molecule has 0 saturated carbocycles. The predicted octanol–water partition coefficient (Wildman–Crippen LogP) is 3.03. The SMILES string of the molecule is Cl.[C-]1=CC=CC1.[C-]1=CC=CC1.[Nb+2]. The van der Waals surface area contributed by atoms with Gasteiger partial charge >= 0.3 is 22.4 Å². The van der Waals surface area contributed by atoms with Crippen molar-refractivity contribution >= 4 is 12.4 Å². The van der Waals surface area contributed by atoms with Crippen molar-refractivity contribution in [3.05, 3.63) is 48.6 Å². The van der Waals surface area contributed by atoms with Gasteiger partial charge < -0.3 is 0 Å². The van der Waals surface area contributed by atoms with Gasteiger partial charge in [0.15, 0.2) is 0 Å². The van der Waals surface area contributed by atoms with Crippen molar-refractivity contribution in [3.8, 4) is 0 Å². The Bertz CT molecular complexity index is 148. The molecule has 0 atom stereocenters. The summed E-state index contributed by atoms with van der Waals surface area (Å²) in [6.45, 7) is 0. The standard InChI is InChI=1S/2C5H5.ClH.Nb/c2*1-2-4-5-3-1;;/h2*1-3H,4H2;1H;/q2*-1;;+2. The summed E-state index contributed by atoms with van der Waals surface area (Å²) in [5, 5.41) is 0. The summed E-state index contributed by atoms with van der Waals surface area (Å²) in [4.78, 5) is 0. The molecule has 63 valence electrons. The van der Waals surface area contributed by atoms with Crippen LogP contribution in [0.2, 0.25) is 0 Å². The van der Waals surface area contributed by atoms with Crippen LogP contribution in [0.25, 0.3) is 0 Å². The molecular weight excluding hydrogens is 248 g/mol. The Morgan fingerprint density at radius 2 is 1.25 bits per heavy atom. The molecule has 0 N–H and O–H groups in total. The first-order chi connectivity index (χ1) is 5.00. The van der Waals surface area contributed by atoms with Crippen LogP contribution in [0.5, 0.6) is 0 Å².